The van der Waals surface area contributed by atoms with Crippen molar-refractivity contribution in [3.8, 4) is 0 Å². The largest absolute Gasteiger partial charge is 0.478 e. The monoisotopic (exact) mass is 234 g/mol. The number of benzene rings is 1. The van der Waals surface area contributed by atoms with Crippen LogP contribution in [0.5, 0.6) is 0 Å². The average Bonchev–Trinajstić information content (AvgIpc) is 2.24. The second-order valence-electron chi connectivity index (χ2n) is 3.69. The van der Waals surface area contributed by atoms with Crippen LogP contribution in [0.2, 0.25) is 0 Å². The van der Waals surface area contributed by atoms with Gasteiger partial charge in [-0.2, -0.15) is 0 Å². The predicted octanol–water partition coefficient (Wildman–Crippen LogP) is 2.19. The van der Waals surface area contributed by atoms with E-state index in [2.05, 4.69) is 4.74 Å². The number of carboxylic acid groups (broad SMARTS) is 1. The van der Waals surface area contributed by atoms with Gasteiger partial charge in [0, 0.05) is 6.08 Å². The molecule has 90 valence electrons. The number of methoxy groups -OCH3 is 1. The maximum atomic E-state index is 11.0. The summed E-state index contributed by atoms with van der Waals surface area (Å²) in [5.41, 5.74) is 2.42. The third kappa shape index (κ3) is 3.17. The summed E-state index contributed by atoms with van der Waals surface area (Å²) in [5.74, 6) is -1.38. The highest BCUT2D eigenvalue weighted by Crippen LogP contribution is 2.17. The summed E-state index contributed by atoms with van der Waals surface area (Å²) in [5, 5.41) is 9.00. The van der Waals surface area contributed by atoms with Crippen molar-refractivity contribution in [1.82, 2.24) is 0 Å². The Hall–Kier alpha value is -2.10. The standard InChI is InChI=1S/C13H14O4/c1-8-6-10(4-5-11(14)17-3)7-9(2)12(8)13(15)16/h4-7H,1-3H3,(H,15,16). The molecule has 1 aromatic carbocycles. The number of carboxylic acids is 1. The van der Waals surface area contributed by atoms with Gasteiger partial charge in [0.15, 0.2) is 0 Å². The first-order valence-electron chi connectivity index (χ1n) is 5.06. The molecular formula is C13H14O4. The first kappa shape index (κ1) is 13.0. The van der Waals surface area contributed by atoms with Gasteiger partial charge in [0.25, 0.3) is 0 Å². The number of carbonyl (C=O) groups excluding carboxylic acids is 1. The highest BCUT2D eigenvalue weighted by atomic mass is 16.5. The third-order valence-electron chi connectivity index (χ3n) is 2.38. The van der Waals surface area contributed by atoms with Gasteiger partial charge in [-0.15, -0.1) is 0 Å². The van der Waals surface area contributed by atoms with E-state index in [9.17, 15) is 9.59 Å². The molecule has 1 rings (SSSR count). The van der Waals surface area contributed by atoms with Crippen molar-refractivity contribution in [3.05, 3.63) is 40.5 Å². The van der Waals surface area contributed by atoms with Crippen LogP contribution in [-0.2, 0) is 9.53 Å². The number of esters is 1. The fourth-order valence-electron chi connectivity index (χ4n) is 1.66. The maximum absolute atomic E-state index is 11.0. The fraction of sp³-hybridized carbons (Fsp3) is 0.231. The zero-order valence-electron chi connectivity index (χ0n) is 9.98. The molecule has 0 aliphatic rings. The molecule has 4 heteroatoms. The Labute approximate surface area is 99.5 Å². The van der Waals surface area contributed by atoms with Gasteiger partial charge in [-0.05, 0) is 36.6 Å². The molecule has 0 radical (unpaired) electrons. The Morgan fingerprint density at radius 3 is 2.18 bits per heavy atom. The number of ether oxygens (including phenoxy) is 1. The number of carbonyl (C=O) groups is 2. The molecule has 0 saturated heterocycles. The molecule has 0 amide bonds. The fourth-order valence-corrected chi connectivity index (χ4v) is 1.66. The molecular weight excluding hydrogens is 220 g/mol. The van der Waals surface area contributed by atoms with Crippen molar-refractivity contribution < 1.29 is 19.4 Å². The smallest absolute Gasteiger partial charge is 0.336 e. The van der Waals surface area contributed by atoms with E-state index in [0.29, 0.717) is 16.7 Å². The second-order valence-corrected chi connectivity index (χ2v) is 3.69. The van der Waals surface area contributed by atoms with Crippen LogP contribution in [0, 0.1) is 13.8 Å². The van der Waals surface area contributed by atoms with Crippen LogP contribution >= 0.6 is 0 Å². The van der Waals surface area contributed by atoms with E-state index in [-0.39, 0.29) is 0 Å². The average molecular weight is 234 g/mol. The molecule has 0 heterocycles. The molecule has 0 saturated carbocycles. The molecule has 0 spiro atoms. The molecule has 17 heavy (non-hydrogen) atoms. The molecule has 1 N–H and O–H groups in total. The van der Waals surface area contributed by atoms with Crippen LogP contribution in [0.25, 0.3) is 6.08 Å². The molecule has 0 fully saturated rings. The second kappa shape index (κ2) is 5.30. The summed E-state index contributed by atoms with van der Waals surface area (Å²) in [7, 11) is 1.30. The molecule has 0 aliphatic heterocycles. The van der Waals surface area contributed by atoms with Gasteiger partial charge in [0.2, 0.25) is 0 Å². The number of aryl methyl sites for hydroxylation is 2. The highest BCUT2D eigenvalue weighted by Gasteiger charge is 2.10. The van der Waals surface area contributed by atoms with Crippen molar-refractivity contribution >= 4 is 18.0 Å². The Morgan fingerprint density at radius 1 is 1.24 bits per heavy atom. The number of aromatic carboxylic acids is 1. The van der Waals surface area contributed by atoms with Crippen molar-refractivity contribution in [2.75, 3.05) is 7.11 Å². The molecule has 0 atom stereocenters. The Balaban J connectivity index is 3.11. The van der Waals surface area contributed by atoms with Crippen LogP contribution in [0.1, 0.15) is 27.0 Å². The van der Waals surface area contributed by atoms with Gasteiger partial charge in [-0.3, -0.25) is 0 Å². The van der Waals surface area contributed by atoms with Crippen LogP contribution in [0.4, 0.5) is 0 Å². The van der Waals surface area contributed by atoms with Crippen molar-refractivity contribution in [2.24, 2.45) is 0 Å². The zero-order valence-corrected chi connectivity index (χ0v) is 9.98. The lowest BCUT2D eigenvalue weighted by atomic mass is 9.99. The first-order valence-corrected chi connectivity index (χ1v) is 5.06. The number of hydrogen-bond acceptors (Lipinski definition) is 3. The van der Waals surface area contributed by atoms with Gasteiger partial charge >= 0.3 is 11.9 Å². The van der Waals surface area contributed by atoms with Gasteiger partial charge in [0.05, 0.1) is 12.7 Å². The number of hydrogen-bond donors (Lipinski definition) is 1. The van der Waals surface area contributed by atoms with E-state index < -0.39 is 11.9 Å². The van der Waals surface area contributed by atoms with Crippen LogP contribution in [-0.4, -0.2) is 24.2 Å². The highest BCUT2D eigenvalue weighted by molar-refractivity contribution is 5.92. The quantitative estimate of drug-likeness (QED) is 0.643. The van der Waals surface area contributed by atoms with Crippen molar-refractivity contribution in [3.63, 3.8) is 0 Å². The Morgan fingerprint density at radius 2 is 1.76 bits per heavy atom. The summed E-state index contributed by atoms with van der Waals surface area (Å²) >= 11 is 0. The summed E-state index contributed by atoms with van der Waals surface area (Å²) in [6.07, 6.45) is 2.89. The molecule has 0 aromatic heterocycles. The van der Waals surface area contributed by atoms with E-state index in [4.69, 9.17) is 5.11 Å². The minimum absolute atomic E-state index is 0.306. The van der Waals surface area contributed by atoms with E-state index >= 15 is 0 Å². The normalized spacial score (nSPS) is 10.5. The minimum atomic E-state index is -0.941. The third-order valence-corrected chi connectivity index (χ3v) is 2.38. The minimum Gasteiger partial charge on any atom is -0.478 e. The molecule has 4 nitrogen and oxygen atoms in total. The molecule has 0 unspecified atom stereocenters. The topological polar surface area (TPSA) is 63.6 Å². The molecule has 0 bridgehead atoms. The first-order chi connectivity index (χ1) is 7.95. The van der Waals surface area contributed by atoms with E-state index in [1.165, 1.54) is 13.2 Å². The van der Waals surface area contributed by atoms with Gasteiger partial charge in [-0.1, -0.05) is 12.1 Å². The van der Waals surface area contributed by atoms with E-state index in [1.54, 1.807) is 32.1 Å². The zero-order chi connectivity index (χ0) is 13.0. The number of rotatable bonds is 3. The summed E-state index contributed by atoms with van der Waals surface area (Å²) in [6, 6.07) is 3.44. The summed E-state index contributed by atoms with van der Waals surface area (Å²) in [6.45, 7) is 3.46. The lowest BCUT2D eigenvalue weighted by molar-refractivity contribution is -0.134. The molecule has 0 aliphatic carbocycles. The predicted molar refractivity (Wildman–Crippen MR) is 63.9 cm³/mol. The molecule has 1 aromatic rings. The lowest BCUT2D eigenvalue weighted by Crippen LogP contribution is -2.03. The summed E-state index contributed by atoms with van der Waals surface area (Å²) < 4.78 is 4.47. The van der Waals surface area contributed by atoms with Crippen molar-refractivity contribution in [1.29, 1.82) is 0 Å². The SMILES string of the molecule is COC(=O)C=Cc1cc(C)c(C(=O)O)c(C)c1. The Bertz CT molecular complexity index is 463. The summed E-state index contributed by atoms with van der Waals surface area (Å²) in [4.78, 5) is 21.9. The van der Waals surface area contributed by atoms with Gasteiger partial charge in [0.1, 0.15) is 0 Å². The lowest BCUT2D eigenvalue weighted by Gasteiger charge is -2.06. The van der Waals surface area contributed by atoms with E-state index in [0.717, 1.165) is 5.56 Å². The van der Waals surface area contributed by atoms with E-state index in [1.807, 2.05) is 0 Å². The van der Waals surface area contributed by atoms with Gasteiger partial charge < -0.3 is 9.84 Å². The Kier molecular flexibility index (Phi) is 4.04. The van der Waals surface area contributed by atoms with Crippen LogP contribution in [0.15, 0.2) is 18.2 Å². The van der Waals surface area contributed by atoms with Crippen LogP contribution < -0.4 is 0 Å². The van der Waals surface area contributed by atoms with Gasteiger partial charge in [-0.25, -0.2) is 9.59 Å². The van der Waals surface area contributed by atoms with Crippen LogP contribution in [0.3, 0.4) is 0 Å². The van der Waals surface area contributed by atoms with Crippen molar-refractivity contribution in [2.45, 2.75) is 13.8 Å². The maximum Gasteiger partial charge on any atom is 0.336 e.